The molecule has 0 atom stereocenters. The number of benzene rings is 2. The van der Waals surface area contributed by atoms with E-state index in [9.17, 15) is 9.59 Å². The topological polar surface area (TPSA) is 86.3 Å². The Balaban J connectivity index is 1.10. The van der Waals surface area contributed by atoms with E-state index < -0.39 is 0 Å². The summed E-state index contributed by atoms with van der Waals surface area (Å²) in [5.74, 6) is 0.270. The molecule has 6 rings (SSSR count). The number of aryl methyl sites for hydroxylation is 1. The van der Waals surface area contributed by atoms with E-state index >= 15 is 0 Å². The molecule has 0 saturated carbocycles. The van der Waals surface area contributed by atoms with E-state index in [-0.39, 0.29) is 11.8 Å². The number of nitrogens with zero attached hydrogens (tertiary/aromatic N) is 3. The molecule has 2 aromatic carbocycles. The van der Waals surface area contributed by atoms with Crippen LogP contribution in [0.5, 0.6) is 5.75 Å². The molecule has 2 fully saturated rings. The van der Waals surface area contributed by atoms with Crippen LogP contribution in [0.1, 0.15) is 87.2 Å². The van der Waals surface area contributed by atoms with Gasteiger partial charge < -0.3 is 15.0 Å². The minimum Gasteiger partial charge on any atom is -0.497 e. The van der Waals surface area contributed by atoms with Gasteiger partial charge >= 0.3 is 0 Å². The fourth-order valence-electron chi connectivity index (χ4n) is 6.78. The van der Waals surface area contributed by atoms with Gasteiger partial charge in [0.2, 0.25) is 0 Å². The van der Waals surface area contributed by atoms with E-state index in [0.29, 0.717) is 16.1 Å². The number of piperidine rings is 2. The lowest BCUT2D eigenvalue weighted by Crippen LogP contribution is -2.46. The summed E-state index contributed by atoms with van der Waals surface area (Å²) in [4.78, 5) is 33.3. The van der Waals surface area contributed by atoms with E-state index in [1.165, 1.54) is 61.4 Å². The van der Waals surface area contributed by atoms with Crippen LogP contribution in [0.2, 0.25) is 0 Å². The molecule has 0 spiro atoms. The van der Waals surface area contributed by atoms with Crippen molar-refractivity contribution in [1.29, 1.82) is 0 Å². The van der Waals surface area contributed by atoms with Crippen LogP contribution >= 0.6 is 11.3 Å². The Morgan fingerprint density at radius 3 is 2.50 bits per heavy atom. The number of hydrogen-bond donors (Lipinski definition) is 2. The maximum absolute atomic E-state index is 13.5. The number of likely N-dealkylation sites (tertiary alicyclic amines) is 2. The van der Waals surface area contributed by atoms with Gasteiger partial charge in [-0.3, -0.25) is 14.5 Å². The Morgan fingerprint density at radius 2 is 1.73 bits per heavy atom. The second-order valence-corrected chi connectivity index (χ2v) is 13.3. The average molecular weight is 614 g/mol. The highest BCUT2D eigenvalue weighted by atomic mass is 32.1. The molecule has 44 heavy (non-hydrogen) atoms. The summed E-state index contributed by atoms with van der Waals surface area (Å²) in [5, 5.41) is 7.89. The van der Waals surface area contributed by atoms with Crippen LogP contribution in [-0.2, 0) is 19.4 Å². The van der Waals surface area contributed by atoms with Crippen molar-refractivity contribution in [3.05, 3.63) is 81.2 Å². The molecule has 0 radical (unpaired) electrons. The fraction of sp³-hybridized carbons (Fsp3) is 0.457. The third kappa shape index (κ3) is 7.39. The summed E-state index contributed by atoms with van der Waals surface area (Å²) in [6, 6.07) is 16.1. The lowest BCUT2D eigenvalue weighted by Gasteiger charge is -2.40. The highest BCUT2D eigenvalue weighted by Crippen LogP contribution is 2.38. The van der Waals surface area contributed by atoms with Gasteiger partial charge in [0, 0.05) is 23.0 Å². The van der Waals surface area contributed by atoms with Crippen molar-refractivity contribution in [3.63, 3.8) is 0 Å². The van der Waals surface area contributed by atoms with Crippen LogP contribution in [0.25, 0.3) is 0 Å². The van der Waals surface area contributed by atoms with Gasteiger partial charge in [-0.05, 0) is 131 Å². The number of rotatable bonds is 9. The van der Waals surface area contributed by atoms with Gasteiger partial charge in [0.25, 0.3) is 11.8 Å². The summed E-state index contributed by atoms with van der Waals surface area (Å²) in [7, 11) is 1.62. The van der Waals surface area contributed by atoms with Gasteiger partial charge in [-0.1, -0.05) is 18.6 Å². The first-order valence-electron chi connectivity index (χ1n) is 16.1. The Morgan fingerprint density at radius 1 is 0.955 bits per heavy atom. The number of fused-ring (bicyclic) bond motifs is 1. The van der Waals surface area contributed by atoms with E-state index in [1.807, 2.05) is 42.5 Å². The molecular weight excluding hydrogens is 570 g/mol. The van der Waals surface area contributed by atoms with Gasteiger partial charge in [0.05, 0.1) is 18.9 Å². The smallest absolute Gasteiger partial charge is 0.274 e. The number of methoxy groups -OCH3 is 1. The normalized spacial score (nSPS) is 18.2. The molecule has 9 heteroatoms. The van der Waals surface area contributed by atoms with Gasteiger partial charge in [-0.15, -0.1) is 11.3 Å². The molecule has 2 amide bonds. The number of thiophene rings is 1. The Kier molecular flexibility index (Phi) is 10.0. The van der Waals surface area contributed by atoms with Crippen molar-refractivity contribution < 1.29 is 14.3 Å². The standard InChI is InChI=1S/C35H43N5O3S/c1-43-29-14-12-25(13-15-29)23-36-38-34(42)32-30-10-3-4-11-31(30)44-35(32)37-33(41)27-9-7-8-26(22-27)24-39-20-16-28(17-21-39)40-18-5-2-6-19-40/h7-9,12-15,22-23,28H,2-6,10-11,16-21,24H2,1H3,(H,37,41)(H,38,42). The van der Waals surface area contributed by atoms with Crippen molar-refractivity contribution in [2.24, 2.45) is 5.10 Å². The first-order chi connectivity index (χ1) is 21.6. The van der Waals surface area contributed by atoms with Crippen LogP contribution < -0.4 is 15.5 Å². The number of carbonyl (C=O) groups is 2. The second-order valence-electron chi connectivity index (χ2n) is 12.1. The lowest BCUT2D eigenvalue weighted by molar-refractivity contribution is 0.0896. The Bertz CT molecular complexity index is 1470. The number of ether oxygens (including phenoxy) is 1. The molecule has 8 nitrogen and oxygen atoms in total. The van der Waals surface area contributed by atoms with Gasteiger partial charge in [-0.25, -0.2) is 5.43 Å². The van der Waals surface area contributed by atoms with Crippen LogP contribution in [0.3, 0.4) is 0 Å². The summed E-state index contributed by atoms with van der Waals surface area (Å²) in [5.41, 5.74) is 6.87. The predicted molar refractivity (Wildman–Crippen MR) is 177 cm³/mol. The maximum Gasteiger partial charge on any atom is 0.274 e. The van der Waals surface area contributed by atoms with E-state index in [4.69, 9.17) is 4.74 Å². The number of amides is 2. The second kappa shape index (κ2) is 14.5. The summed E-state index contributed by atoms with van der Waals surface area (Å²) in [6.07, 6.45) is 12.0. The molecule has 0 bridgehead atoms. The first kappa shape index (κ1) is 30.5. The van der Waals surface area contributed by atoms with Crippen LogP contribution in [-0.4, -0.2) is 67.2 Å². The summed E-state index contributed by atoms with van der Waals surface area (Å²) in [6.45, 7) is 5.56. The van der Waals surface area contributed by atoms with E-state index in [0.717, 1.165) is 73.8 Å². The van der Waals surface area contributed by atoms with Crippen molar-refractivity contribution in [2.45, 2.75) is 70.4 Å². The number of hydrogen-bond acceptors (Lipinski definition) is 7. The fourth-order valence-corrected chi connectivity index (χ4v) is 8.06. The molecule has 2 aliphatic heterocycles. The van der Waals surface area contributed by atoms with Crippen molar-refractivity contribution in [1.82, 2.24) is 15.2 Å². The maximum atomic E-state index is 13.5. The molecule has 3 heterocycles. The Hall–Kier alpha value is -3.53. The molecule has 3 aromatic rings. The average Bonchev–Trinajstić information content (AvgIpc) is 3.44. The molecule has 0 unspecified atom stereocenters. The molecule has 1 aromatic heterocycles. The van der Waals surface area contributed by atoms with E-state index in [2.05, 4.69) is 31.7 Å². The van der Waals surface area contributed by atoms with Crippen molar-refractivity contribution in [3.8, 4) is 5.75 Å². The highest BCUT2D eigenvalue weighted by Gasteiger charge is 2.28. The zero-order valence-electron chi connectivity index (χ0n) is 25.6. The van der Waals surface area contributed by atoms with Crippen molar-refractivity contribution >= 4 is 34.4 Å². The van der Waals surface area contributed by atoms with Crippen LogP contribution in [0.15, 0.2) is 53.6 Å². The SMILES string of the molecule is COc1ccc(C=NNC(=O)c2c(NC(=O)c3cccc(CN4CCC(N5CCCCC5)CC4)c3)sc3c2CCCC3)cc1. The van der Waals surface area contributed by atoms with Crippen LogP contribution in [0.4, 0.5) is 5.00 Å². The largest absolute Gasteiger partial charge is 0.497 e. The number of nitrogens with one attached hydrogen (secondary N) is 2. The van der Waals surface area contributed by atoms with Crippen LogP contribution in [0, 0.1) is 0 Å². The zero-order chi connectivity index (χ0) is 30.3. The molecular formula is C35H43N5O3S. The Labute approximate surface area is 264 Å². The molecule has 3 aliphatic rings. The molecule has 232 valence electrons. The van der Waals surface area contributed by atoms with E-state index in [1.54, 1.807) is 13.3 Å². The highest BCUT2D eigenvalue weighted by molar-refractivity contribution is 7.17. The zero-order valence-corrected chi connectivity index (χ0v) is 26.5. The molecule has 2 saturated heterocycles. The monoisotopic (exact) mass is 613 g/mol. The summed E-state index contributed by atoms with van der Waals surface area (Å²) < 4.78 is 5.20. The van der Waals surface area contributed by atoms with Gasteiger partial charge in [-0.2, -0.15) is 5.10 Å². The minimum absolute atomic E-state index is 0.190. The first-order valence-corrected chi connectivity index (χ1v) is 16.9. The quantitative estimate of drug-likeness (QED) is 0.225. The van der Waals surface area contributed by atoms with Gasteiger partial charge in [0.1, 0.15) is 10.8 Å². The van der Waals surface area contributed by atoms with Gasteiger partial charge in [0.15, 0.2) is 0 Å². The third-order valence-corrected chi connectivity index (χ3v) is 10.4. The van der Waals surface area contributed by atoms with Crippen molar-refractivity contribution in [2.75, 3.05) is 38.6 Å². The number of anilines is 1. The summed E-state index contributed by atoms with van der Waals surface area (Å²) >= 11 is 1.52. The molecule has 1 aliphatic carbocycles. The molecule has 2 N–H and O–H groups in total. The predicted octanol–water partition coefficient (Wildman–Crippen LogP) is 6.10. The number of hydrazone groups is 1. The number of carbonyl (C=O) groups excluding carboxylic acids is 2. The third-order valence-electron chi connectivity index (χ3n) is 9.18. The lowest BCUT2D eigenvalue weighted by atomic mass is 9.95. The minimum atomic E-state index is -0.300.